The highest BCUT2D eigenvalue weighted by Gasteiger charge is 2.18. The fraction of sp³-hybridized carbons (Fsp3) is 0.500. The van der Waals surface area contributed by atoms with E-state index in [1.807, 2.05) is 30.0 Å². The molecule has 2 atom stereocenters. The van der Waals surface area contributed by atoms with E-state index in [2.05, 4.69) is 23.5 Å². The Labute approximate surface area is 107 Å². The van der Waals surface area contributed by atoms with E-state index in [0.717, 1.165) is 0 Å². The van der Waals surface area contributed by atoms with Crippen LogP contribution in [0.25, 0.3) is 0 Å². The molecule has 17 heavy (non-hydrogen) atoms. The highest BCUT2D eigenvalue weighted by atomic mass is 32.2. The molecule has 1 fully saturated rings. The lowest BCUT2D eigenvalue weighted by Gasteiger charge is -2.27. The fourth-order valence-corrected chi connectivity index (χ4v) is 3.29. The summed E-state index contributed by atoms with van der Waals surface area (Å²) < 4.78 is 0. The van der Waals surface area contributed by atoms with E-state index in [0.29, 0.717) is 12.5 Å². The second-order valence-corrected chi connectivity index (χ2v) is 5.56. The predicted octanol–water partition coefficient (Wildman–Crippen LogP) is 3.13. The molecule has 1 aromatic carbocycles. The molecule has 1 N–H and O–H groups in total. The van der Waals surface area contributed by atoms with E-state index in [9.17, 15) is 0 Å². The number of nitrogens with one attached hydrogen (secondary N) is 1. The minimum atomic E-state index is 0.185. The average molecular weight is 246 g/mol. The van der Waals surface area contributed by atoms with Crippen LogP contribution in [0, 0.1) is 11.3 Å². The fourth-order valence-electron chi connectivity index (χ4n) is 2.21. The van der Waals surface area contributed by atoms with Crippen molar-refractivity contribution in [3.8, 4) is 6.07 Å². The number of hydrogen-bond donors (Lipinski definition) is 1. The van der Waals surface area contributed by atoms with Crippen LogP contribution in [0.15, 0.2) is 30.3 Å². The van der Waals surface area contributed by atoms with Crippen molar-refractivity contribution in [1.82, 2.24) is 5.32 Å². The molecular weight excluding hydrogens is 228 g/mol. The van der Waals surface area contributed by atoms with Crippen LogP contribution < -0.4 is 5.32 Å². The van der Waals surface area contributed by atoms with Gasteiger partial charge in [0.25, 0.3) is 0 Å². The van der Waals surface area contributed by atoms with Gasteiger partial charge in [0.05, 0.1) is 12.5 Å². The second kappa shape index (κ2) is 6.68. The molecule has 0 aliphatic carbocycles. The van der Waals surface area contributed by atoms with Crippen LogP contribution in [-0.2, 0) is 0 Å². The number of rotatable bonds is 4. The van der Waals surface area contributed by atoms with Gasteiger partial charge in [0.1, 0.15) is 0 Å². The van der Waals surface area contributed by atoms with Gasteiger partial charge in [-0.05, 0) is 24.2 Å². The highest BCUT2D eigenvalue weighted by molar-refractivity contribution is 7.99. The van der Waals surface area contributed by atoms with E-state index in [-0.39, 0.29) is 6.04 Å². The van der Waals surface area contributed by atoms with Crippen LogP contribution in [0.4, 0.5) is 0 Å². The summed E-state index contributed by atoms with van der Waals surface area (Å²) in [7, 11) is 0. The topological polar surface area (TPSA) is 35.8 Å². The second-order valence-electron chi connectivity index (χ2n) is 4.41. The smallest absolute Gasteiger partial charge is 0.0641 e. The number of nitriles is 1. The Kier molecular flexibility index (Phi) is 4.90. The first-order chi connectivity index (χ1) is 8.40. The summed E-state index contributed by atoms with van der Waals surface area (Å²) >= 11 is 2.01. The van der Waals surface area contributed by atoms with Crippen LogP contribution in [0.2, 0.25) is 0 Å². The SMILES string of the molecule is N#CCC(NC1CCCSC1)c1ccccc1. The molecule has 2 unspecified atom stereocenters. The maximum Gasteiger partial charge on any atom is 0.0641 e. The van der Waals surface area contributed by atoms with Crippen molar-refractivity contribution in [2.75, 3.05) is 11.5 Å². The third-order valence-corrected chi connectivity index (χ3v) is 4.31. The van der Waals surface area contributed by atoms with E-state index >= 15 is 0 Å². The van der Waals surface area contributed by atoms with Crippen molar-refractivity contribution in [3.05, 3.63) is 35.9 Å². The zero-order chi connectivity index (χ0) is 11.9. The molecule has 1 heterocycles. The number of benzene rings is 1. The summed E-state index contributed by atoms with van der Waals surface area (Å²) in [6.07, 6.45) is 3.07. The Balaban J connectivity index is 1.99. The van der Waals surface area contributed by atoms with Crippen molar-refractivity contribution in [2.24, 2.45) is 0 Å². The molecule has 0 saturated carbocycles. The van der Waals surface area contributed by atoms with Crippen molar-refractivity contribution in [3.63, 3.8) is 0 Å². The quantitative estimate of drug-likeness (QED) is 0.886. The summed E-state index contributed by atoms with van der Waals surface area (Å²) in [5, 5.41) is 12.6. The summed E-state index contributed by atoms with van der Waals surface area (Å²) in [5.41, 5.74) is 1.23. The van der Waals surface area contributed by atoms with Gasteiger partial charge < -0.3 is 5.32 Å². The van der Waals surface area contributed by atoms with Crippen molar-refractivity contribution >= 4 is 11.8 Å². The lowest BCUT2D eigenvalue weighted by Crippen LogP contribution is -2.36. The molecule has 2 nitrogen and oxygen atoms in total. The number of hydrogen-bond acceptors (Lipinski definition) is 3. The van der Waals surface area contributed by atoms with E-state index in [1.54, 1.807) is 0 Å². The number of nitrogens with zero attached hydrogens (tertiary/aromatic N) is 1. The Morgan fingerprint density at radius 2 is 2.24 bits per heavy atom. The maximum atomic E-state index is 8.93. The molecule has 1 aliphatic heterocycles. The molecule has 0 amide bonds. The zero-order valence-corrected chi connectivity index (χ0v) is 10.7. The molecule has 0 bridgehead atoms. The zero-order valence-electron chi connectivity index (χ0n) is 9.93. The normalized spacial score (nSPS) is 21.7. The van der Waals surface area contributed by atoms with Crippen molar-refractivity contribution < 1.29 is 0 Å². The average Bonchev–Trinajstić information content (AvgIpc) is 2.40. The molecule has 1 aliphatic rings. The van der Waals surface area contributed by atoms with Gasteiger partial charge in [-0.15, -0.1) is 0 Å². The lowest BCUT2D eigenvalue weighted by molar-refractivity contribution is 0.437. The van der Waals surface area contributed by atoms with Gasteiger partial charge >= 0.3 is 0 Å². The first kappa shape index (κ1) is 12.5. The van der Waals surface area contributed by atoms with Gasteiger partial charge in [0, 0.05) is 17.8 Å². The Bertz CT molecular complexity index is 366. The molecule has 90 valence electrons. The van der Waals surface area contributed by atoms with Gasteiger partial charge in [-0.3, -0.25) is 0 Å². The van der Waals surface area contributed by atoms with Crippen LogP contribution in [0.1, 0.15) is 30.9 Å². The molecule has 3 heteroatoms. The van der Waals surface area contributed by atoms with Crippen molar-refractivity contribution in [2.45, 2.75) is 31.3 Å². The molecule has 1 aromatic rings. The third kappa shape index (κ3) is 3.76. The predicted molar refractivity (Wildman–Crippen MR) is 72.9 cm³/mol. The molecular formula is C14H18N2S. The largest absolute Gasteiger partial charge is 0.305 e. The Hall–Kier alpha value is -0.980. The Morgan fingerprint density at radius 3 is 2.88 bits per heavy atom. The summed E-state index contributed by atoms with van der Waals surface area (Å²) in [5.74, 6) is 2.46. The first-order valence-corrected chi connectivity index (χ1v) is 7.31. The van der Waals surface area contributed by atoms with Gasteiger partial charge in [-0.25, -0.2) is 0 Å². The van der Waals surface area contributed by atoms with Gasteiger partial charge in [0.15, 0.2) is 0 Å². The van der Waals surface area contributed by atoms with Gasteiger partial charge in [-0.2, -0.15) is 17.0 Å². The monoisotopic (exact) mass is 246 g/mol. The third-order valence-electron chi connectivity index (χ3n) is 3.09. The number of thioether (sulfide) groups is 1. The summed E-state index contributed by atoms with van der Waals surface area (Å²) in [6.45, 7) is 0. The van der Waals surface area contributed by atoms with E-state index in [1.165, 1.54) is 29.9 Å². The maximum absolute atomic E-state index is 8.93. The summed E-state index contributed by atoms with van der Waals surface area (Å²) in [6, 6.07) is 13.3. The van der Waals surface area contributed by atoms with Gasteiger partial charge in [-0.1, -0.05) is 30.3 Å². The lowest BCUT2D eigenvalue weighted by atomic mass is 10.0. The van der Waals surface area contributed by atoms with E-state index in [4.69, 9.17) is 5.26 Å². The van der Waals surface area contributed by atoms with Crippen molar-refractivity contribution in [1.29, 1.82) is 5.26 Å². The van der Waals surface area contributed by atoms with Gasteiger partial charge in [0.2, 0.25) is 0 Å². The van der Waals surface area contributed by atoms with Crippen LogP contribution in [0.5, 0.6) is 0 Å². The standard InChI is InChI=1S/C14H18N2S/c15-9-8-14(12-5-2-1-3-6-12)16-13-7-4-10-17-11-13/h1-3,5-6,13-14,16H,4,7-8,10-11H2. The van der Waals surface area contributed by atoms with Crippen LogP contribution >= 0.6 is 11.8 Å². The molecule has 0 aromatic heterocycles. The van der Waals surface area contributed by atoms with E-state index < -0.39 is 0 Å². The molecule has 0 radical (unpaired) electrons. The molecule has 2 rings (SSSR count). The molecule has 0 spiro atoms. The minimum absolute atomic E-state index is 0.185. The highest BCUT2D eigenvalue weighted by Crippen LogP contribution is 2.22. The Morgan fingerprint density at radius 1 is 1.41 bits per heavy atom. The van der Waals surface area contributed by atoms with Crippen LogP contribution in [0.3, 0.4) is 0 Å². The first-order valence-electron chi connectivity index (χ1n) is 6.16. The molecule has 1 saturated heterocycles. The minimum Gasteiger partial charge on any atom is -0.305 e. The summed E-state index contributed by atoms with van der Waals surface area (Å²) in [4.78, 5) is 0. The van der Waals surface area contributed by atoms with Crippen LogP contribution in [-0.4, -0.2) is 17.5 Å².